The van der Waals surface area contributed by atoms with Crippen molar-refractivity contribution in [2.45, 2.75) is 128 Å². The summed E-state index contributed by atoms with van der Waals surface area (Å²) in [4.78, 5) is 71.9. The van der Waals surface area contributed by atoms with Crippen molar-refractivity contribution in [3.05, 3.63) is 0 Å². The van der Waals surface area contributed by atoms with E-state index < -0.39 is 82.0 Å². The van der Waals surface area contributed by atoms with Crippen molar-refractivity contribution in [3.63, 3.8) is 0 Å². The zero-order valence-electron chi connectivity index (χ0n) is 25.3. The van der Waals surface area contributed by atoms with Crippen molar-refractivity contribution in [1.29, 1.82) is 0 Å². The minimum atomic E-state index is -1.20. The molecule has 0 aliphatic carbocycles. The van der Waals surface area contributed by atoms with Gasteiger partial charge in [-0.25, -0.2) is 8.61 Å². The lowest BCUT2D eigenvalue weighted by Crippen LogP contribution is -2.61. The molecule has 0 aromatic heterocycles. The number of piperidine rings is 2. The van der Waals surface area contributed by atoms with Crippen molar-refractivity contribution in [3.8, 4) is 0 Å². The van der Waals surface area contributed by atoms with Crippen LogP contribution in [0.4, 0.5) is 0 Å². The summed E-state index contributed by atoms with van der Waals surface area (Å²) in [6.45, 7) is 16.6. The van der Waals surface area contributed by atoms with Crippen molar-refractivity contribution in [1.82, 2.24) is 8.61 Å². The molecule has 0 saturated carbocycles. The summed E-state index contributed by atoms with van der Waals surface area (Å²) < 4.78 is 25.1. The third kappa shape index (κ3) is 6.81. The molecule has 12 nitrogen and oxygen atoms in total. The minimum Gasteiger partial charge on any atom is -0.462 e. The van der Waals surface area contributed by atoms with Crippen LogP contribution in [0.2, 0.25) is 0 Å². The predicted octanol–water partition coefficient (Wildman–Crippen LogP) is 3.51. The first-order valence-electron chi connectivity index (χ1n) is 14.1. The highest BCUT2D eigenvalue weighted by molar-refractivity contribution is 8.74. The van der Waals surface area contributed by atoms with Gasteiger partial charge in [-0.3, -0.25) is 28.8 Å². The predicted molar refractivity (Wildman–Crippen MR) is 152 cm³/mol. The number of carbonyl (C=O) groups excluding carboxylic acids is 6. The van der Waals surface area contributed by atoms with Gasteiger partial charge < -0.3 is 18.9 Å². The van der Waals surface area contributed by atoms with Crippen LogP contribution in [-0.4, -0.2) is 78.8 Å². The normalized spacial score (nSPS) is 29.7. The number of rotatable bonds is 7. The van der Waals surface area contributed by atoms with Crippen molar-refractivity contribution in [2.75, 3.05) is 0 Å². The summed E-state index contributed by atoms with van der Waals surface area (Å²) >= 11 is 0. The van der Waals surface area contributed by atoms with Crippen LogP contribution in [-0.2, 0) is 47.7 Å². The van der Waals surface area contributed by atoms with E-state index >= 15 is 0 Å². The Morgan fingerprint density at radius 2 is 0.905 bits per heavy atom. The molecule has 0 spiro atoms. The SMILES string of the molecule is CC1(C)CC(OC(=O)C2CC(=O)OC2=O)CC(C)(C)N1SSN1C(C)(C)CC(OC(=O)C2CC(=O)OC2=O)CC1(C)C. The molecule has 4 heterocycles. The van der Waals surface area contributed by atoms with E-state index in [4.69, 9.17) is 9.47 Å². The molecule has 4 aliphatic rings. The van der Waals surface area contributed by atoms with Crippen molar-refractivity contribution < 1.29 is 47.7 Å². The maximum absolute atomic E-state index is 12.7. The molecule has 0 aromatic carbocycles. The van der Waals surface area contributed by atoms with Crippen LogP contribution in [0.15, 0.2) is 0 Å². The van der Waals surface area contributed by atoms with E-state index in [2.05, 4.69) is 73.5 Å². The van der Waals surface area contributed by atoms with Gasteiger partial charge in [0.1, 0.15) is 12.2 Å². The Balaban J connectivity index is 1.38. The van der Waals surface area contributed by atoms with E-state index in [1.807, 2.05) is 0 Å². The van der Waals surface area contributed by atoms with E-state index in [0.29, 0.717) is 25.7 Å². The molecule has 0 amide bonds. The van der Waals surface area contributed by atoms with Gasteiger partial charge in [0, 0.05) is 69.8 Å². The second-order valence-corrected chi connectivity index (χ2v) is 15.9. The highest BCUT2D eigenvalue weighted by atomic mass is 33.1. The Kier molecular flexibility index (Phi) is 8.89. The third-order valence-corrected chi connectivity index (χ3v) is 11.6. The van der Waals surface area contributed by atoms with E-state index in [9.17, 15) is 28.8 Å². The molecule has 4 aliphatic heterocycles. The van der Waals surface area contributed by atoms with E-state index in [0.717, 1.165) is 0 Å². The molecule has 4 fully saturated rings. The number of esters is 6. The Bertz CT molecular complexity index is 1060. The van der Waals surface area contributed by atoms with Crippen molar-refractivity contribution in [2.24, 2.45) is 11.8 Å². The Morgan fingerprint density at radius 3 is 1.14 bits per heavy atom. The number of nitrogens with zero attached hydrogens (tertiary/aromatic N) is 2. The van der Waals surface area contributed by atoms with Crippen LogP contribution in [0.25, 0.3) is 0 Å². The fourth-order valence-corrected chi connectivity index (χ4v) is 10.8. The monoisotopic (exact) mass is 628 g/mol. The summed E-state index contributed by atoms with van der Waals surface area (Å²) in [7, 11) is 3.23. The van der Waals surface area contributed by atoms with Crippen LogP contribution in [0.3, 0.4) is 0 Å². The van der Waals surface area contributed by atoms with Gasteiger partial charge >= 0.3 is 35.8 Å². The topological polar surface area (TPSA) is 146 Å². The lowest BCUT2D eigenvalue weighted by Gasteiger charge is -2.56. The second kappa shape index (κ2) is 11.4. The molecule has 0 aromatic rings. The zero-order chi connectivity index (χ0) is 31.4. The summed E-state index contributed by atoms with van der Waals surface area (Å²) in [5.74, 6) is -6.98. The fraction of sp³-hybridized carbons (Fsp3) is 0.786. The molecule has 0 radical (unpaired) electrons. The van der Waals surface area contributed by atoms with Crippen molar-refractivity contribution >= 4 is 57.8 Å². The Labute approximate surface area is 253 Å². The quantitative estimate of drug-likeness (QED) is 0.133. The molecular formula is C28H40N2O10S2. The largest absolute Gasteiger partial charge is 0.462 e. The fourth-order valence-electron chi connectivity index (χ4n) is 6.78. The van der Waals surface area contributed by atoms with Gasteiger partial charge in [-0.15, -0.1) is 0 Å². The number of hydrogen-bond donors (Lipinski definition) is 0. The lowest BCUT2D eigenvalue weighted by molar-refractivity contribution is -0.167. The third-order valence-electron chi connectivity index (χ3n) is 8.16. The van der Waals surface area contributed by atoms with Crippen LogP contribution in [0.1, 0.15) is 93.9 Å². The smallest absolute Gasteiger partial charge is 0.328 e. The van der Waals surface area contributed by atoms with E-state index in [-0.39, 0.29) is 12.8 Å². The van der Waals surface area contributed by atoms with Gasteiger partial charge in [0.2, 0.25) is 0 Å². The molecule has 14 heteroatoms. The molecule has 42 heavy (non-hydrogen) atoms. The standard InChI is InChI=1S/C28H40N2O10S2/c1-25(2)11-15(37-21(33)17-9-19(31)39-23(17)35)12-26(3,4)29(25)41-42-30-27(5,6)13-16(14-28(30,7)8)38-22(34)18-10-20(32)40-24(18)36/h15-18H,9-14H2,1-8H3. The summed E-state index contributed by atoms with van der Waals surface area (Å²) in [6.07, 6.45) is 0.681. The van der Waals surface area contributed by atoms with Gasteiger partial charge in [-0.2, -0.15) is 0 Å². The molecule has 2 unspecified atom stereocenters. The Hall–Kier alpha value is -2.16. The maximum atomic E-state index is 12.7. The molecule has 4 rings (SSSR count). The van der Waals surface area contributed by atoms with Crippen LogP contribution in [0, 0.1) is 11.8 Å². The molecule has 0 bridgehead atoms. The number of carbonyl (C=O) groups is 6. The van der Waals surface area contributed by atoms with E-state index in [1.54, 1.807) is 22.0 Å². The minimum absolute atomic E-state index is 0.288. The molecule has 2 atom stereocenters. The van der Waals surface area contributed by atoms with Gasteiger partial charge in [-0.1, -0.05) is 0 Å². The average Bonchev–Trinajstić information content (AvgIpc) is 3.32. The molecule has 0 N–H and O–H groups in total. The van der Waals surface area contributed by atoms with Gasteiger partial charge in [-0.05, 0) is 55.4 Å². The molecular weight excluding hydrogens is 588 g/mol. The average molecular weight is 629 g/mol. The highest BCUT2D eigenvalue weighted by Crippen LogP contribution is 2.53. The van der Waals surface area contributed by atoms with Crippen LogP contribution < -0.4 is 0 Å². The van der Waals surface area contributed by atoms with Gasteiger partial charge in [0.25, 0.3) is 0 Å². The van der Waals surface area contributed by atoms with Gasteiger partial charge in [0.05, 0.1) is 12.8 Å². The zero-order valence-corrected chi connectivity index (χ0v) is 27.0. The molecule has 234 valence electrons. The second-order valence-electron chi connectivity index (χ2n) is 14.0. The summed E-state index contributed by atoms with van der Waals surface area (Å²) in [6, 6.07) is 0. The maximum Gasteiger partial charge on any atom is 0.328 e. The summed E-state index contributed by atoms with van der Waals surface area (Å²) in [5.41, 5.74) is -1.59. The first-order chi connectivity index (χ1) is 19.2. The molecule has 4 saturated heterocycles. The summed E-state index contributed by atoms with van der Waals surface area (Å²) in [5, 5.41) is 0. The number of hydrogen-bond acceptors (Lipinski definition) is 14. The lowest BCUT2D eigenvalue weighted by atomic mass is 9.80. The number of ether oxygens (including phenoxy) is 4. The van der Waals surface area contributed by atoms with Crippen LogP contribution >= 0.6 is 22.0 Å². The van der Waals surface area contributed by atoms with Gasteiger partial charge in [0.15, 0.2) is 11.8 Å². The number of cyclic esters (lactones) is 4. The first kappa shape index (κ1) is 32.7. The van der Waals surface area contributed by atoms with Crippen LogP contribution in [0.5, 0.6) is 0 Å². The highest BCUT2D eigenvalue weighted by Gasteiger charge is 2.52. The first-order valence-corrected chi connectivity index (χ1v) is 16.1. The Morgan fingerprint density at radius 1 is 0.619 bits per heavy atom. The van der Waals surface area contributed by atoms with E-state index in [1.165, 1.54) is 0 Å².